The van der Waals surface area contributed by atoms with Gasteiger partial charge in [0.2, 0.25) is 0 Å². The van der Waals surface area contributed by atoms with Crippen LogP contribution in [-0.4, -0.2) is 7.11 Å². The molecular weight excluding hydrogens is 254 g/mol. The van der Waals surface area contributed by atoms with Gasteiger partial charge in [0.25, 0.3) is 0 Å². The smallest absolute Gasteiger partial charge is 0.125 e. The molecule has 0 aliphatic rings. The summed E-state index contributed by atoms with van der Waals surface area (Å²) in [6.45, 7) is 4.07. The minimum atomic E-state index is -0.113. The summed E-state index contributed by atoms with van der Waals surface area (Å²) in [5, 5.41) is 0. The molecule has 1 aromatic carbocycles. The van der Waals surface area contributed by atoms with Crippen molar-refractivity contribution in [3.63, 3.8) is 0 Å². The first kappa shape index (κ1) is 12.3. The normalized spacial score (nSPS) is 12.1. The Balaban J connectivity index is 3.08. The van der Waals surface area contributed by atoms with Crippen LogP contribution in [0.25, 0.3) is 0 Å². The Kier molecular flexibility index (Phi) is 4.36. The number of hydrogen-bond donors (Lipinski definition) is 1. The van der Waals surface area contributed by atoms with Crippen LogP contribution in [0, 0.1) is 0 Å². The third-order valence-corrected chi connectivity index (χ3v) is 2.56. The molecule has 0 bridgehead atoms. The van der Waals surface area contributed by atoms with Crippen LogP contribution < -0.4 is 10.5 Å². The number of benzene rings is 1. The number of allylic oxidation sites excluding steroid dienone is 1. The SMILES string of the molecule is COc1cc(Br)ccc1C(N)C=C(C)C. The lowest BCUT2D eigenvalue weighted by Gasteiger charge is -2.13. The predicted molar refractivity (Wildman–Crippen MR) is 67.1 cm³/mol. The van der Waals surface area contributed by atoms with Gasteiger partial charge >= 0.3 is 0 Å². The molecule has 3 heteroatoms. The first-order chi connectivity index (χ1) is 7.04. The first-order valence-corrected chi connectivity index (χ1v) is 5.58. The molecule has 0 aliphatic heterocycles. The summed E-state index contributed by atoms with van der Waals surface area (Å²) in [5.41, 5.74) is 8.25. The molecule has 2 N–H and O–H groups in total. The second-order valence-corrected chi connectivity index (χ2v) is 4.57. The van der Waals surface area contributed by atoms with Crippen LogP contribution in [0.2, 0.25) is 0 Å². The molecule has 82 valence electrons. The molecule has 1 unspecified atom stereocenters. The van der Waals surface area contributed by atoms with Crippen LogP contribution in [0.4, 0.5) is 0 Å². The topological polar surface area (TPSA) is 35.2 Å². The van der Waals surface area contributed by atoms with Gasteiger partial charge in [-0.1, -0.05) is 33.6 Å². The van der Waals surface area contributed by atoms with Crippen LogP contribution in [-0.2, 0) is 0 Å². The third kappa shape index (κ3) is 3.36. The van der Waals surface area contributed by atoms with E-state index in [9.17, 15) is 0 Å². The molecule has 1 rings (SSSR count). The Hall–Kier alpha value is -0.800. The van der Waals surface area contributed by atoms with Gasteiger partial charge in [-0.05, 0) is 26.0 Å². The maximum Gasteiger partial charge on any atom is 0.125 e. The van der Waals surface area contributed by atoms with E-state index in [2.05, 4.69) is 15.9 Å². The molecule has 0 spiro atoms. The summed E-state index contributed by atoms with van der Waals surface area (Å²) < 4.78 is 6.28. The maximum absolute atomic E-state index is 6.05. The lowest BCUT2D eigenvalue weighted by molar-refractivity contribution is 0.408. The van der Waals surface area contributed by atoms with E-state index < -0.39 is 0 Å². The molecule has 0 saturated carbocycles. The first-order valence-electron chi connectivity index (χ1n) is 4.78. The fourth-order valence-electron chi connectivity index (χ4n) is 1.41. The quantitative estimate of drug-likeness (QED) is 0.854. The molecule has 0 aromatic heterocycles. The molecule has 2 nitrogen and oxygen atoms in total. The molecule has 0 aliphatic carbocycles. The fourth-order valence-corrected chi connectivity index (χ4v) is 1.75. The van der Waals surface area contributed by atoms with Crippen molar-refractivity contribution in [2.45, 2.75) is 19.9 Å². The molecule has 15 heavy (non-hydrogen) atoms. The summed E-state index contributed by atoms with van der Waals surface area (Å²) in [6.07, 6.45) is 2.02. The van der Waals surface area contributed by atoms with E-state index >= 15 is 0 Å². The highest BCUT2D eigenvalue weighted by atomic mass is 79.9. The molecule has 1 atom stereocenters. The molecule has 0 saturated heterocycles. The number of nitrogens with two attached hydrogens (primary N) is 1. The van der Waals surface area contributed by atoms with E-state index in [4.69, 9.17) is 10.5 Å². The molecular formula is C12H16BrNO. The van der Waals surface area contributed by atoms with Crippen molar-refractivity contribution < 1.29 is 4.74 Å². The van der Waals surface area contributed by atoms with Gasteiger partial charge < -0.3 is 10.5 Å². The van der Waals surface area contributed by atoms with Crippen molar-refractivity contribution in [2.75, 3.05) is 7.11 Å². The zero-order valence-corrected chi connectivity index (χ0v) is 10.8. The Morgan fingerprint density at radius 2 is 2.13 bits per heavy atom. The van der Waals surface area contributed by atoms with Crippen molar-refractivity contribution >= 4 is 15.9 Å². The summed E-state index contributed by atoms with van der Waals surface area (Å²) in [5.74, 6) is 0.814. The van der Waals surface area contributed by atoms with E-state index in [-0.39, 0.29) is 6.04 Å². The third-order valence-electron chi connectivity index (χ3n) is 2.07. The summed E-state index contributed by atoms with van der Waals surface area (Å²) in [4.78, 5) is 0. The van der Waals surface area contributed by atoms with Crippen LogP contribution in [0.3, 0.4) is 0 Å². The van der Waals surface area contributed by atoms with E-state index in [1.165, 1.54) is 5.57 Å². The van der Waals surface area contributed by atoms with Crippen molar-refractivity contribution in [3.05, 3.63) is 39.9 Å². The number of methoxy groups -OCH3 is 1. The van der Waals surface area contributed by atoms with Gasteiger partial charge in [-0.3, -0.25) is 0 Å². The zero-order chi connectivity index (χ0) is 11.4. The van der Waals surface area contributed by atoms with E-state index in [0.717, 1.165) is 15.8 Å². The lowest BCUT2D eigenvalue weighted by atomic mass is 10.0. The molecule has 0 amide bonds. The van der Waals surface area contributed by atoms with E-state index in [1.807, 2.05) is 38.1 Å². The number of rotatable bonds is 3. The predicted octanol–water partition coefficient (Wildman–Crippen LogP) is 3.42. The second-order valence-electron chi connectivity index (χ2n) is 3.66. The van der Waals surface area contributed by atoms with Crippen LogP contribution in [0.15, 0.2) is 34.3 Å². The average molecular weight is 270 g/mol. The van der Waals surface area contributed by atoms with Crippen LogP contribution >= 0.6 is 15.9 Å². The minimum absolute atomic E-state index is 0.113. The largest absolute Gasteiger partial charge is 0.496 e. The highest BCUT2D eigenvalue weighted by Crippen LogP contribution is 2.28. The van der Waals surface area contributed by atoms with Crippen molar-refractivity contribution in [3.8, 4) is 5.75 Å². The van der Waals surface area contributed by atoms with Crippen molar-refractivity contribution in [1.82, 2.24) is 0 Å². The monoisotopic (exact) mass is 269 g/mol. The van der Waals surface area contributed by atoms with Gasteiger partial charge in [0, 0.05) is 10.0 Å². The summed E-state index contributed by atoms with van der Waals surface area (Å²) in [7, 11) is 1.65. The van der Waals surface area contributed by atoms with Crippen molar-refractivity contribution in [1.29, 1.82) is 0 Å². The number of halogens is 1. The molecule has 0 radical (unpaired) electrons. The fraction of sp³-hybridized carbons (Fsp3) is 0.333. The number of ether oxygens (including phenoxy) is 1. The minimum Gasteiger partial charge on any atom is -0.496 e. The van der Waals surface area contributed by atoms with Gasteiger partial charge in [0.15, 0.2) is 0 Å². The Morgan fingerprint density at radius 1 is 1.47 bits per heavy atom. The Bertz CT molecular complexity index is 370. The zero-order valence-electron chi connectivity index (χ0n) is 9.25. The Morgan fingerprint density at radius 3 is 2.67 bits per heavy atom. The van der Waals surface area contributed by atoms with Gasteiger partial charge in [-0.25, -0.2) is 0 Å². The van der Waals surface area contributed by atoms with Gasteiger partial charge in [0.1, 0.15) is 5.75 Å². The molecule has 0 fully saturated rings. The Labute approximate surface area is 99.3 Å². The van der Waals surface area contributed by atoms with Gasteiger partial charge in [-0.15, -0.1) is 0 Å². The van der Waals surface area contributed by atoms with Crippen LogP contribution in [0.1, 0.15) is 25.5 Å². The molecule has 1 aromatic rings. The van der Waals surface area contributed by atoms with Gasteiger partial charge in [0.05, 0.1) is 13.2 Å². The number of hydrogen-bond acceptors (Lipinski definition) is 2. The van der Waals surface area contributed by atoms with E-state index in [1.54, 1.807) is 7.11 Å². The summed E-state index contributed by atoms with van der Waals surface area (Å²) in [6, 6.07) is 5.76. The van der Waals surface area contributed by atoms with Crippen LogP contribution in [0.5, 0.6) is 5.75 Å². The lowest BCUT2D eigenvalue weighted by Crippen LogP contribution is -2.09. The maximum atomic E-state index is 6.05. The van der Waals surface area contributed by atoms with Gasteiger partial charge in [-0.2, -0.15) is 0 Å². The highest BCUT2D eigenvalue weighted by Gasteiger charge is 2.09. The van der Waals surface area contributed by atoms with E-state index in [0.29, 0.717) is 0 Å². The molecule has 0 heterocycles. The second kappa shape index (κ2) is 5.33. The average Bonchev–Trinajstić information content (AvgIpc) is 2.16. The van der Waals surface area contributed by atoms with Crippen molar-refractivity contribution in [2.24, 2.45) is 5.73 Å². The standard InChI is InChI=1S/C12H16BrNO/c1-8(2)6-11(14)10-5-4-9(13)7-12(10)15-3/h4-7,11H,14H2,1-3H3. The summed E-state index contributed by atoms with van der Waals surface area (Å²) >= 11 is 3.40. The highest BCUT2D eigenvalue weighted by molar-refractivity contribution is 9.10.